The Morgan fingerprint density at radius 1 is 1.21 bits per heavy atom. The normalized spacial score (nSPS) is 20.2. The van der Waals surface area contributed by atoms with Crippen molar-refractivity contribution in [3.05, 3.63) is 11.6 Å². The van der Waals surface area contributed by atoms with Gasteiger partial charge in [0.05, 0.1) is 12.6 Å². The lowest BCUT2D eigenvalue weighted by molar-refractivity contribution is -0.122. The average molecular weight is 393 g/mol. The van der Waals surface area contributed by atoms with Crippen molar-refractivity contribution >= 4 is 5.91 Å². The van der Waals surface area contributed by atoms with Gasteiger partial charge in [-0.15, -0.1) is 10.2 Å². The van der Waals surface area contributed by atoms with Crippen LogP contribution in [0, 0.1) is 5.92 Å². The molecule has 0 aromatic carbocycles. The summed E-state index contributed by atoms with van der Waals surface area (Å²) in [6, 6.07) is 0.518. The minimum atomic E-state index is -0.0941. The highest BCUT2D eigenvalue weighted by atomic mass is 16.5. The number of rotatable bonds is 7. The summed E-state index contributed by atoms with van der Waals surface area (Å²) in [4.78, 5) is 16.9. The zero-order valence-electron chi connectivity index (χ0n) is 17.9. The van der Waals surface area contributed by atoms with Crippen molar-refractivity contribution < 1.29 is 9.53 Å². The molecule has 0 aliphatic carbocycles. The topological polar surface area (TPSA) is 75.5 Å². The van der Waals surface area contributed by atoms with Crippen molar-refractivity contribution in [3.8, 4) is 0 Å². The number of ether oxygens (including phenoxy) is 1. The van der Waals surface area contributed by atoms with Crippen molar-refractivity contribution in [1.29, 1.82) is 0 Å². The number of nitrogens with zero attached hydrogens (tertiary/aromatic N) is 5. The Balaban J connectivity index is 1.72. The Labute approximate surface area is 168 Å². The molecule has 8 heteroatoms. The van der Waals surface area contributed by atoms with Crippen LogP contribution in [-0.4, -0.2) is 83.5 Å². The second-order valence-corrected chi connectivity index (χ2v) is 8.74. The van der Waals surface area contributed by atoms with Crippen LogP contribution in [-0.2, 0) is 22.5 Å². The largest absolute Gasteiger partial charge is 0.381 e. The second kappa shape index (κ2) is 9.80. The first kappa shape index (κ1) is 21.2. The van der Waals surface area contributed by atoms with Crippen LogP contribution >= 0.6 is 0 Å². The summed E-state index contributed by atoms with van der Waals surface area (Å²) in [5.41, 5.74) is 0. The first-order valence-electron chi connectivity index (χ1n) is 10.6. The number of amides is 1. The van der Waals surface area contributed by atoms with Crippen LogP contribution in [0.15, 0.2) is 0 Å². The van der Waals surface area contributed by atoms with Gasteiger partial charge in [0.25, 0.3) is 0 Å². The van der Waals surface area contributed by atoms with Gasteiger partial charge in [-0.3, -0.25) is 9.69 Å². The molecule has 1 unspecified atom stereocenters. The molecule has 1 N–H and O–H groups in total. The molecule has 1 aromatic heterocycles. The second-order valence-electron chi connectivity index (χ2n) is 8.74. The molecule has 2 aliphatic rings. The van der Waals surface area contributed by atoms with Gasteiger partial charge in [0.15, 0.2) is 5.82 Å². The fourth-order valence-corrected chi connectivity index (χ4v) is 4.26. The number of hydrogen-bond acceptors (Lipinski definition) is 6. The molecule has 1 saturated heterocycles. The Hall–Kier alpha value is -1.51. The van der Waals surface area contributed by atoms with E-state index in [0.29, 0.717) is 18.5 Å². The molecule has 3 heterocycles. The molecule has 28 heavy (non-hydrogen) atoms. The summed E-state index contributed by atoms with van der Waals surface area (Å²) in [5, 5.41) is 12.2. The van der Waals surface area contributed by atoms with Crippen molar-refractivity contribution in [2.45, 2.75) is 58.2 Å². The number of likely N-dealkylation sites (N-methyl/N-ethyl adjacent to an activating group) is 1. The number of carbonyl (C=O) groups is 1. The monoisotopic (exact) mass is 392 g/mol. The first-order valence-corrected chi connectivity index (χ1v) is 10.6. The quantitative estimate of drug-likeness (QED) is 0.748. The lowest BCUT2D eigenvalue weighted by Gasteiger charge is -2.33. The highest BCUT2D eigenvalue weighted by Gasteiger charge is 2.28. The van der Waals surface area contributed by atoms with Crippen molar-refractivity contribution in [1.82, 2.24) is 29.9 Å². The number of aromatic nitrogens is 3. The van der Waals surface area contributed by atoms with E-state index < -0.39 is 0 Å². The molecule has 1 fully saturated rings. The maximum absolute atomic E-state index is 12.4. The third-order valence-corrected chi connectivity index (χ3v) is 5.61. The third kappa shape index (κ3) is 5.52. The molecule has 0 radical (unpaired) electrons. The SMILES string of the molecule is CC(C)CC(NC(=O)CN(C)C)c1nnc2n1CCN(C1CCOCC1)CC2. The highest BCUT2D eigenvalue weighted by molar-refractivity contribution is 5.78. The molecule has 1 aromatic rings. The van der Waals surface area contributed by atoms with Crippen molar-refractivity contribution in [2.24, 2.45) is 5.92 Å². The minimum absolute atomic E-state index is 0.0328. The summed E-state index contributed by atoms with van der Waals surface area (Å²) in [7, 11) is 3.82. The van der Waals surface area contributed by atoms with Gasteiger partial charge in [0.2, 0.25) is 5.91 Å². The van der Waals surface area contributed by atoms with E-state index in [-0.39, 0.29) is 11.9 Å². The smallest absolute Gasteiger partial charge is 0.234 e. The molecular formula is C20H36N6O2. The molecule has 1 atom stereocenters. The van der Waals surface area contributed by atoms with E-state index in [1.807, 2.05) is 19.0 Å². The van der Waals surface area contributed by atoms with E-state index in [4.69, 9.17) is 4.74 Å². The average Bonchev–Trinajstić information content (AvgIpc) is 2.92. The molecule has 0 spiro atoms. The predicted octanol–water partition coefficient (Wildman–Crippen LogP) is 1.08. The van der Waals surface area contributed by atoms with E-state index in [1.54, 1.807) is 0 Å². The van der Waals surface area contributed by atoms with Crippen LogP contribution in [0.4, 0.5) is 0 Å². The molecule has 158 valence electrons. The van der Waals surface area contributed by atoms with Gasteiger partial charge >= 0.3 is 0 Å². The zero-order chi connectivity index (χ0) is 20.1. The van der Waals surface area contributed by atoms with Crippen molar-refractivity contribution in [3.63, 3.8) is 0 Å². The summed E-state index contributed by atoms with van der Waals surface area (Å²) >= 11 is 0. The summed E-state index contributed by atoms with van der Waals surface area (Å²) < 4.78 is 7.77. The zero-order valence-corrected chi connectivity index (χ0v) is 17.9. The Morgan fingerprint density at radius 2 is 1.96 bits per heavy atom. The Morgan fingerprint density at radius 3 is 2.64 bits per heavy atom. The van der Waals surface area contributed by atoms with Gasteiger partial charge in [0, 0.05) is 45.3 Å². The van der Waals surface area contributed by atoms with Gasteiger partial charge in [-0.1, -0.05) is 13.8 Å². The molecular weight excluding hydrogens is 356 g/mol. The first-order chi connectivity index (χ1) is 13.4. The Bertz CT molecular complexity index is 639. The molecule has 2 aliphatic heterocycles. The van der Waals surface area contributed by atoms with Crippen LogP contribution in [0.1, 0.15) is 50.8 Å². The number of hydrogen-bond donors (Lipinski definition) is 1. The maximum atomic E-state index is 12.4. The minimum Gasteiger partial charge on any atom is -0.381 e. The number of carbonyl (C=O) groups excluding carboxylic acids is 1. The van der Waals surface area contributed by atoms with Crippen LogP contribution in [0.25, 0.3) is 0 Å². The third-order valence-electron chi connectivity index (χ3n) is 5.61. The van der Waals surface area contributed by atoms with Gasteiger partial charge < -0.3 is 19.5 Å². The highest BCUT2D eigenvalue weighted by Crippen LogP contribution is 2.24. The molecule has 0 saturated carbocycles. The van der Waals surface area contributed by atoms with Gasteiger partial charge in [-0.05, 0) is 39.3 Å². The van der Waals surface area contributed by atoms with E-state index in [9.17, 15) is 4.79 Å². The number of nitrogens with one attached hydrogen (secondary N) is 1. The lowest BCUT2D eigenvalue weighted by Crippen LogP contribution is -2.41. The van der Waals surface area contributed by atoms with Gasteiger partial charge in [0.1, 0.15) is 5.82 Å². The summed E-state index contributed by atoms with van der Waals surface area (Å²) in [6.45, 7) is 9.38. The molecule has 0 bridgehead atoms. The van der Waals surface area contributed by atoms with Gasteiger partial charge in [-0.25, -0.2) is 0 Å². The lowest BCUT2D eigenvalue weighted by atomic mass is 10.0. The van der Waals surface area contributed by atoms with Crippen molar-refractivity contribution in [2.75, 3.05) is 46.9 Å². The predicted molar refractivity (Wildman–Crippen MR) is 108 cm³/mol. The fraction of sp³-hybridized carbons (Fsp3) is 0.850. The van der Waals surface area contributed by atoms with E-state index in [2.05, 4.69) is 38.8 Å². The fourth-order valence-electron chi connectivity index (χ4n) is 4.26. The summed E-state index contributed by atoms with van der Waals surface area (Å²) in [6.07, 6.45) is 4.00. The molecule has 8 nitrogen and oxygen atoms in total. The van der Waals surface area contributed by atoms with Crippen LogP contribution < -0.4 is 5.32 Å². The Kier molecular flexibility index (Phi) is 7.42. The van der Waals surface area contributed by atoms with Gasteiger partial charge in [-0.2, -0.15) is 0 Å². The molecule has 3 rings (SSSR count). The van der Waals surface area contributed by atoms with Crippen LogP contribution in [0.2, 0.25) is 0 Å². The van der Waals surface area contributed by atoms with E-state index >= 15 is 0 Å². The van der Waals surface area contributed by atoms with E-state index in [1.165, 1.54) is 0 Å². The molecule has 1 amide bonds. The summed E-state index contributed by atoms with van der Waals surface area (Å²) in [5.74, 6) is 2.44. The standard InChI is InChI=1S/C20H36N6O2/c1-15(2)13-17(21-19(27)14-24(3)4)20-23-22-18-5-8-25(9-10-26(18)20)16-6-11-28-12-7-16/h15-17H,5-14H2,1-4H3,(H,21,27). The maximum Gasteiger partial charge on any atom is 0.234 e. The number of fused-ring (bicyclic) bond motifs is 1. The van der Waals surface area contributed by atoms with Crippen LogP contribution in [0.3, 0.4) is 0 Å². The van der Waals surface area contributed by atoms with E-state index in [0.717, 1.165) is 70.2 Å². The van der Waals surface area contributed by atoms with Crippen LogP contribution in [0.5, 0.6) is 0 Å².